The van der Waals surface area contributed by atoms with Crippen molar-refractivity contribution in [3.8, 4) is 0 Å². The Hall–Kier alpha value is -2.24. The molecule has 0 bridgehead atoms. The van der Waals surface area contributed by atoms with Crippen LogP contribution in [0.15, 0.2) is 53.0 Å². The zero-order valence-electron chi connectivity index (χ0n) is 13.8. The Morgan fingerprint density at radius 1 is 1.00 bits per heavy atom. The highest BCUT2D eigenvalue weighted by Crippen LogP contribution is 2.29. The average Bonchev–Trinajstić information content (AvgIpc) is 2.98. The van der Waals surface area contributed by atoms with E-state index in [4.69, 9.17) is 4.98 Å². The summed E-state index contributed by atoms with van der Waals surface area (Å²) in [5.74, 6) is -0.118. The molecule has 4 rings (SSSR count). The van der Waals surface area contributed by atoms with Crippen LogP contribution in [0.5, 0.6) is 0 Å². The first-order valence-corrected chi connectivity index (χ1v) is 9.49. The summed E-state index contributed by atoms with van der Waals surface area (Å²) in [6.07, 6.45) is 0. The Kier molecular flexibility index (Phi) is 4.06. The van der Waals surface area contributed by atoms with E-state index in [2.05, 4.69) is 52.4 Å². The van der Waals surface area contributed by atoms with Gasteiger partial charge in [0.1, 0.15) is 4.83 Å². The molecule has 0 atom stereocenters. The van der Waals surface area contributed by atoms with E-state index in [0.29, 0.717) is 4.88 Å². The van der Waals surface area contributed by atoms with Gasteiger partial charge in [-0.3, -0.25) is 4.79 Å². The molecule has 0 spiro atoms. The SMILES string of the molecule is Cc1ccc(NC(=O)c2cc3cc4ccc(C)cc4nc3s2)c(Br)c1. The molecular formula is C20H15BrN2OS. The summed E-state index contributed by atoms with van der Waals surface area (Å²) >= 11 is 4.91. The lowest BCUT2D eigenvalue weighted by molar-refractivity contribution is 0.103. The number of nitrogens with zero attached hydrogens (tertiary/aromatic N) is 1. The van der Waals surface area contributed by atoms with E-state index >= 15 is 0 Å². The number of aryl methyl sites for hydroxylation is 2. The molecule has 1 amide bonds. The summed E-state index contributed by atoms with van der Waals surface area (Å²) in [6, 6.07) is 16.1. The second-order valence-corrected chi connectivity index (χ2v) is 8.01. The summed E-state index contributed by atoms with van der Waals surface area (Å²) in [4.78, 5) is 18.9. The molecule has 0 radical (unpaired) electrons. The lowest BCUT2D eigenvalue weighted by Crippen LogP contribution is -2.10. The number of aromatic nitrogens is 1. The van der Waals surface area contributed by atoms with E-state index in [1.807, 2.05) is 31.2 Å². The monoisotopic (exact) mass is 410 g/mol. The molecule has 0 saturated carbocycles. The van der Waals surface area contributed by atoms with Gasteiger partial charge in [-0.2, -0.15) is 0 Å². The number of carbonyl (C=O) groups is 1. The number of benzene rings is 2. The fourth-order valence-electron chi connectivity index (χ4n) is 2.75. The molecule has 0 aliphatic rings. The minimum Gasteiger partial charge on any atom is -0.320 e. The van der Waals surface area contributed by atoms with Crippen molar-refractivity contribution in [3.05, 3.63) is 69.0 Å². The third-order valence-corrected chi connectivity index (χ3v) is 5.76. The third-order valence-electron chi connectivity index (χ3n) is 4.06. The van der Waals surface area contributed by atoms with Gasteiger partial charge in [-0.25, -0.2) is 4.98 Å². The van der Waals surface area contributed by atoms with Gasteiger partial charge in [0.25, 0.3) is 5.91 Å². The van der Waals surface area contributed by atoms with Crippen molar-refractivity contribution in [1.29, 1.82) is 0 Å². The molecule has 3 nitrogen and oxygen atoms in total. The van der Waals surface area contributed by atoms with Gasteiger partial charge < -0.3 is 5.32 Å². The number of pyridine rings is 1. The van der Waals surface area contributed by atoms with Crippen LogP contribution in [-0.4, -0.2) is 10.9 Å². The number of anilines is 1. The number of nitrogens with one attached hydrogen (secondary N) is 1. The Morgan fingerprint density at radius 2 is 1.76 bits per heavy atom. The molecular weight excluding hydrogens is 396 g/mol. The molecule has 0 aliphatic heterocycles. The van der Waals surface area contributed by atoms with Crippen molar-refractivity contribution in [2.45, 2.75) is 13.8 Å². The summed E-state index contributed by atoms with van der Waals surface area (Å²) in [5.41, 5.74) is 4.04. The number of hydrogen-bond acceptors (Lipinski definition) is 3. The van der Waals surface area contributed by atoms with Crippen LogP contribution >= 0.6 is 27.3 Å². The number of amides is 1. The van der Waals surface area contributed by atoms with Crippen LogP contribution < -0.4 is 5.32 Å². The van der Waals surface area contributed by atoms with Crippen LogP contribution in [0.3, 0.4) is 0 Å². The second-order valence-electron chi connectivity index (χ2n) is 6.13. The van der Waals surface area contributed by atoms with E-state index < -0.39 is 0 Å². The predicted octanol–water partition coefficient (Wildman–Crippen LogP) is 6.08. The lowest BCUT2D eigenvalue weighted by atomic mass is 10.1. The number of fused-ring (bicyclic) bond motifs is 2. The maximum absolute atomic E-state index is 12.6. The van der Waals surface area contributed by atoms with Crippen molar-refractivity contribution in [3.63, 3.8) is 0 Å². The van der Waals surface area contributed by atoms with Gasteiger partial charge in [0.2, 0.25) is 0 Å². The maximum Gasteiger partial charge on any atom is 0.265 e. The largest absolute Gasteiger partial charge is 0.320 e. The molecule has 1 N–H and O–H groups in total. The van der Waals surface area contributed by atoms with Crippen LogP contribution in [0.2, 0.25) is 0 Å². The van der Waals surface area contributed by atoms with Crippen LogP contribution in [-0.2, 0) is 0 Å². The first-order valence-electron chi connectivity index (χ1n) is 7.88. The molecule has 2 aromatic heterocycles. The summed E-state index contributed by atoms with van der Waals surface area (Å²) < 4.78 is 0.876. The number of carbonyl (C=O) groups excluding carboxylic acids is 1. The zero-order chi connectivity index (χ0) is 17.6. The van der Waals surface area contributed by atoms with Crippen LogP contribution in [0.1, 0.15) is 20.8 Å². The molecule has 4 aromatic rings. The van der Waals surface area contributed by atoms with Crippen molar-refractivity contribution >= 4 is 60.0 Å². The Labute approximate surface area is 157 Å². The minimum atomic E-state index is -0.118. The highest BCUT2D eigenvalue weighted by atomic mass is 79.9. The normalized spacial score (nSPS) is 11.2. The molecule has 2 heterocycles. The first-order chi connectivity index (χ1) is 12.0. The van der Waals surface area contributed by atoms with Crippen LogP contribution in [0.25, 0.3) is 21.1 Å². The Morgan fingerprint density at radius 3 is 2.56 bits per heavy atom. The third kappa shape index (κ3) is 3.17. The van der Waals surface area contributed by atoms with Crippen molar-refractivity contribution < 1.29 is 4.79 Å². The molecule has 124 valence electrons. The van der Waals surface area contributed by atoms with E-state index in [-0.39, 0.29) is 5.91 Å². The Bertz CT molecular complexity index is 1130. The first kappa shape index (κ1) is 16.2. The maximum atomic E-state index is 12.6. The molecule has 0 saturated heterocycles. The lowest BCUT2D eigenvalue weighted by Gasteiger charge is -2.06. The van der Waals surface area contributed by atoms with Crippen LogP contribution in [0.4, 0.5) is 5.69 Å². The molecule has 0 fully saturated rings. The second kappa shape index (κ2) is 6.24. The molecule has 25 heavy (non-hydrogen) atoms. The fourth-order valence-corrected chi connectivity index (χ4v) is 4.26. The van der Waals surface area contributed by atoms with Gasteiger partial charge >= 0.3 is 0 Å². The number of halogens is 1. The van der Waals surface area contributed by atoms with E-state index in [1.165, 1.54) is 16.9 Å². The van der Waals surface area contributed by atoms with Gasteiger partial charge in [-0.15, -0.1) is 11.3 Å². The number of rotatable bonds is 2. The van der Waals surface area contributed by atoms with Gasteiger partial charge in [-0.1, -0.05) is 18.2 Å². The van der Waals surface area contributed by atoms with Crippen LogP contribution in [0, 0.1) is 13.8 Å². The molecule has 0 aliphatic carbocycles. The predicted molar refractivity (Wildman–Crippen MR) is 109 cm³/mol. The molecule has 2 aromatic carbocycles. The topological polar surface area (TPSA) is 42.0 Å². The minimum absolute atomic E-state index is 0.118. The molecule has 5 heteroatoms. The van der Waals surface area contributed by atoms with Crippen molar-refractivity contribution in [2.75, 3.05) is 5.32 Å². The Balaban J connectivity index is 1.70. The quantitative estimate of drug-likeness (QED) is 0.434. The van der Waals surface area contributed by atoms with Gasteiger partial charge in [0.05, 0.1) is 16.1 Å². The van der Waals surface area contributed by atoms with Gasteiger partial charge in [0.15, 0.2) is 0 Å². The average molecular weight is 411 g/mol. The summed E-state index contributed by atoms with van der Waals surface area (Å²) in [6.45, 7) is 4.07. The summed E-state index contributed by atoms with van der Waals surface area (Å²) in [7, 11) is 0. The standard InChI is InChI=1S/C20H15BrN2OS/c1-11-4-6-16(15(21)7-11)22-19(24)18-10-14-9-13-5-3-12(2)8-17(13)23-20(14)25-18/h3-10H,1-2H3,(H,22,24). The van der Waals surface area contributed by atoms with Crippen molar-refractivity contribution in [1.82, 2.24) is 4.98 Å². The fraction of sp³-hybridized carbons (Fsp3) is 0.100. The van der Waals surface area contributed by atoms with E-state index in [1.54, 1.807) is 0 Å². The highest BCUT2D eigenvalue weighted by Gasteiger charge is 2.13. The summed E-state index contributed by atoms with van der Waals surface area (Å²) in [5, 5.41) is 5.04. The molecule has 0 unspecified atom stereocenters. The van der Waals surface area contributed by atoms with Gasteiger partial charge in [0, 0.05) is 15.2 Å². The number of hydrogen-bond donors (Lipinski definition) is 1. The smallest absolute Gasteiger partial charge is 0.265 e. The van der Waals surface area contributed by atoms with Crippen molar-refractivity contribution in [2.24, 2.45) is 0 Å². The van der Waals surface area contributed by atoms with Gasteiger partial charge in [-0.05, 0) is 71.2 Å². The zero-order valence-corrected chi connectivity index (χ0v) is 16.2. The number of thiophene rings is 1. The van der Waals surface area contributed by atoms with E-state index in [9.17, 15) is 4.79 Å². The highest BCUT2D eigenvalue weighted by molar-refractivity contribution is 9.10. The van der Waals surface area contributed by atoms with E-state index in [0.717, 1.165) is 36.8 Å².